The SMILES string of the molecule is COc1ccc(-c2nc3c(c(SCC(=O)c4ccccc4)n2)COC(C)(C)C3)cc1. The fraction of sp³-hybridized carbons (Fsp3) is 0.292. The third-order valence-corrected chi connectivity index (χ3v) is 6.06. The summed E-state index contributed by atoms with van der Waals surface area (Å²) in [5.74, 6) is 1.84. The summed E-state index contributed by atoms with van der Waals surface area (Å²) in [6, 6.07) is 17.0. The van der Waals surface area contributed by atoms with Crippen LogP contribution in [0.15, 0.2) is 59.6 Å². The molecule has 0 saturated heterocycles. The molecule has 0 saturated carbocycles. The smallest absolute Gasteiger partial charge is 0.173 e. The highest BCUT2D eigenvalue weighted by molar-refractivity contribution is 8.00. The van der Waals surface area contributed by atoms with Crippen LogP contribution in [0.1, 0.15) is 35.5 Å². The molecular formula is C24H24N2O3S. The Balaban J connectivity index is 1.66. The predicted molar refractivity (Wildman–Crippen MR) is 118 cm³/mol. The molecule has 2 heterocycles. The Morgan fingerprint density at radius 1 is 1.10 bits per heavy atom. The molecule has 0 radical (unpaired) electrons. The quantitative estimate of drug-likeness (QED) is 0.318. The number of rotatable bonds is 6. The van der Waals surface area contributed by atoms with Crippen molar-refractivity contribution in [1.82, 2.24) is 9.97 Å². The van der Waals surface area contributed by atoms with Gasteiger partial charge in [-0.25, -0.2) is 9.97 Å². The minimum absolute atomic E-state index is 0.0796. The second-order valence-corrected chi connectivity index (χ2v) is 8.77. The summed E-state index contributed by atoms with van der Waals surface area (Å²) in [4.78, 5) is 22.3. The first-order chi connectivity index (χ1) is 14.4. The Hall–Kier alpha value is -2.70. The van der Waals surface area contributed by atoms with Crippen LogP contribution in [0.4, 0.5) is 0 Å². The van der Waals surface area contributed by atoms with Gasteiger partial charge in [0.2, 0.25) is 0 Å². The number of nitrogens with zero attached hydrogens (tertiary/aromatic N) is 2. The van der Waals surface area contributed by atoms with Crippen molar-refractivity contribution in [3.05, 3.63) is 71.4 Å². The summed E-state index contributed by atoms with van der Waals surface area (Å²) in [5, 5.41) is 0.811. The molecule has 0 atom stereocenters. The molecule has 0 N–H and O–H groups in total. The van der Waals surface area contributed by atoms with Gasteiger partial charge in [-0.05, 0) is 38.1 Å². The topological polar surface area (TPSA) is 61.3 Å². The van der Waals surface area contributed by atoms with E-state index in [1.807, 2.05) is 54.6 Å². The number of methoxy groups -OCH3 is 1. The van der Waals surface area contributed by atoms with Crippen LogP contribution < -0.4 is 4.74 Å². The van der Waals surface area contributed by atoms with E-state index in [2.05, 4.69) is 13.8 Å². The van der Waals surface area contributed by atoms with E-state index in [9.17, 15) is 4.79 Å². The minimum Gasteiger partial charge on any atom is -0.497 e. The standard InChI is InChI=1S/C24H24N2O3S/c1-24(2)13-20-19(14-29-24)23(30-15-21(27)16-7-5-4-6-8-16)26-22(25-20)17-9-11-18(28-3)12-10-17/h4-12H,13-15H2,1-3H3. The fourth-order valence-electron chi connectivity index (χ4n) is 3.35. The summed E-state index contributed by atoms with van der Waals surface area (Å²) in [6.07, 6.45) is 0.703. The Kier molecular flexibility index (Phi) is 5.88. The second kappa shape index (κ2) is 8.58. The fourth-order valence-corrected chi connectivity index (χ4v) is 4.29. The van der Waals surface area contributed by atoms with Crippen molar-refractivity contribution in [3.8, 4) is 17.1 Å². The van der Waals surface area contributed by atoms with Gasteiger partial charge in [-0.15, -0.1) is 0 Å². The maximum atomic E-state index is 12.6. The zero-order valence-corrected chi connectivity index (χ0v) is 18.2. The number of Topliss-reactive ketones (excluding diaryl/α,β-unsaturated/α-hetero) is 1. The summed E-state index contributed by atoms with van der Waals surface area (Å²) < 4.78 is 11.3. The highest BCUT2D eigenvalue weighted by atomic mass is 32.2. The van der Waals surface area contributed by atoms with Gasteiger partial charge in [0.15, 0.2) is 11.6 Å². The van der Waals surface area contributed by atoms with Crippen LogP contribution in [0.25, 0.3) is 11.4 Å². The Morgan fingerprint density at radius 3 is 2.53 bits per heavy atom. The van der Waals surface area contributed by atoms with E-state index in [1.165, 1.54) is 11.8 Å². The van der Waals surface area contributed by atoms with Crippen LogP contribution >= 0.6 is 11.8 Å². The molecule has 0 bridgehead atoms. The number of ketones is 1. The molecule has 1 aliphatic heterocycles. The normalized spacial score (nSPS) is 14.8. The largest absolute Gasteiger partial charge is 0.497 e. The van der Waals surface area contributed by atoms with Gasteiger partial charge in [-0.1, -0.05) is 42.1 Å². The lowest BCUT2D eigenvalue weighted by Gasteiger charge is -2.32. The highest BCUT2D eigenvalue weighted by Crippen LogP contribution is 2.34. The van der Waals surface area contributed by atoms with E-state index >= 15 is 0 Å². The minimum atomic E-state index is -0.277. The van der Waals surface area contributed by atoms with Crippen LogP contribution in [0.5, 0.6) is 5.75 Å². The van der Waals surface area contributed by atoms with Crippen LogP contribution in [0, 0.1) is 0 Å². The van der Waals surface area contributed by atoms with Crippen LogP contribution in [-0.4, -0.2) is 34.2 Å². The van der Waals surface area contributed by atoms with E-state index in [0.29, 0.717) is 30.2 Å². The molecule has 4 rings (SSSR count). The molecule has 3 aromatic rings. The lowest BCUT2D eigenvalue weighted by Crippen LogP contribution is -2.33. The summed E-state index contributed by atoms with van der Waals surface area (Å²) in [5.41, 5.74) is 3.32. The Labute approximate surface area is 180 Å². The number of carbonyl (C=O) groups excluding carboxylic acids is 1. The maximum absolute atomic E-state index is 12.6. The first-order valence-electron chi connectivity index (χ1n) is 9.84. The summed E-state index contributed by atoms with van der Waals surface area (Å²) in [7, 11) is 1.64. The van der Waals surface area contributed by atoms with E-state index in [1.54, 1.807) is 7.11 Å². The molecule has 30 heavy (non-hydrogen) atoms. The number of hydrogen-bond acceptors (Lipinski definition) is 6. The average Bonchev–Trinajstić information content (AvgIpc) is 2.76. The maximum Gasteiger partial charge on any atom is 0.173 e. The number of aromatic nitrogens is 2. The number of ether oxygens (including phenoxy) is 2. The molecule has 1 aliphatic rings. The molecule has 154 valence electrons. The molecule has 1 aromatic heterocycles. The van der Waals surface area contributed by atoms with Crippen LogP contribution in [-0.2, 0) is 17.8 Å². The lowest BCUT2D eigenvalue weighted by molar-refractivity contribution is -0.0428. The van der Waals surface area contributed by atoms with Gasteiger partial charge in [0.05, 0.1) is 30.8 Å². The van der Waals surface area contributed by atoms with E-state index in [0.717, 1.165) is 27.6 Å². The van der Waals surface area contributed by atoms with Crippen molar-refractivity contribution < 1.29 is 14.3 Å². The molecular weight excluding hydrogens is 396 g/mol. The molecule has 0 aliphatic carbocycles. The van der Waals surface area contributed by atoms with Crippen molar-refractivity contribution in [2.24, 2.45) is 0 Å². The van der Waals surface area contributed by atoms with Crippen LogP contribution in [0.3, 0.4) is 0 Å². The van der Waals surface area contributed by atoms with E-state index in [4.69, 9.17) is 19.4 Å². The zero-order chi connectivity index (χ0) is 21.1. The van der Waals surface area contributed by atoms with Gasteiger partial charge in [-0.2, -0.15) is 0 Å². The van der Waals surface area contributed by atoms with Gasteiger partial charge < -0.3 is 9.47 Å². The van der Waals surface area contributed by atoms with Gasteiger partial charge >= 0.3 is 0 Å². The average molecular weight is 421 g/mol. The molecule has 2 aromatic carbocycles. The van der Waals surface area contributed by atoms with Crippen molar-refractivity contribution in [2.75, 3.05) is 12.9 Å². The number of benzene rings is 2. The third kappa shape index (κ3) is 4.55. The van der Waals surface area contributed by atoms with Gasteiger partial charge in [0.1, 0.15) is 10.8 Å². The highest BCUT2D eigenvalue weighted by Gasteiger charge is 2.30. The zero-order valence-electron chi connectivity index (χ0n) is 17.3. The molecule has 0 unspecified atom stereocenters. The lowest BCUT2D eigenvalue weighted by atomic mass is 9.96. The monoisotopic (exact) mass is 420 g/mol. The number of fused-ring (bicyclic) bond motifs is 1. The first kappa shape index (κ1) is 20.6. The molecule has 6 heteroatoms. The first-order valence-corrected chi connectivity index (χ1v) is 10.8. The van der Waals surface area contributed by atoms with E-state index < -0.39 is 0 Å². The van der Waals surface area contributed by atoms with Crippen molar-refractivity contribution >= 4 is 17.5 Å². The van der Waals surface area contributed by atoms with Gasteiger partial charge in [0, 0.05) is 23.1 Å². The van der Waals surface area contributed by atoms with Crippen molar-refractivity contribution in [3.63, 3.8) is 0 Å². The van der Waals surface area contributed by atoms with Crippen molar-refractivity contribution in [2.45, 2.75) is 37.5 Å². The summed E-state index contributed by atoms with van der Waals surface area (Å²) >= 11 is 1.45. The molecule has 0 amide bonds. The predicted octanol–water partition coefficient (Wildman–Crippen LogP) is 4.98. The second-order valence-electron chi connectivity index (χ2n) is 7.81. The van der Waals surface area contributed by atoms with Gasteiger partial charge in [-0.3, -0.25) is 4.79 Å². The molecule has 0 fully saturated rings. The summed E-state index contributed by atoms with van der Waals surface area (Å²) in [6.45, 7) is 4.58. The number of carbonyl (C=O) groups is 1. The van der Waals surface area contributed by atoms with Crippen molar-refractivity contribution in [1.29, 1.82) is 0 Å². The Bertz CT molecular complexity index is 1050. The van der Waals surface area contributed by atoms with Gasteiger partial charge in [0.25, 0.3) is 0 Å². The molecule has 5 nitrogen and oxygen atoms in total. The third-order valence-electron chi connectivity index (χ3n) is 5.04. The number of thioether (sulfide) groups is 1. The molecule has 0 spiro atoms. The number of hydrogen-bond donors (Lipinski definition) is 0. The Morgan fingerprint density at radius 2 is 1.83 bits per heavy atom. The van der Waals surface area contributed by atoms with Crippen LogP contribution in [0.2, 0.25) is 0 Å². The van der Waals surface area contributed by atoms with E-state index in [-0.39, 0.29) is 11.4 Å².